The van der Waals surface area contributed by atoms with Crippen LogP contribution in [-0.4, -0.2) is 52.6 Å². The van der Waals surface area contributed by atoms with Gasteiger partial charge in [0, 0.05) is 61.8 Å². The van der Waals surface area contributed by atoms with Crippen LogP contribution < -0.4 is 10.2 Å². The minimum atomic E-state index is -3.44. The van der Waals surface area contributed by atoms with Gasteiger partial charge >= 0.3 is 0 Å². The maximum atomic E-state index is 13.1. The molecule has 0 atom stereocenters. The molecule has 6 heteroatoms. The van der Waals surface area contributed by atoms with Gasteiger partial charge in [0.15, 0.2) is 0 Å². The number of anilines is 2. The van der Waals surface area contributed by atoms with Crippen molar-refractivity contribution in [3.63, 3.8) is 0 Å². The lowest BCUT2D eigenvalue weighted by Gasteiger charge is -2.33. The quantitative estimate of drug-likeness (QED) is 0.754. The Kier molecular flexibility index (Phi) is 3.56. The van der Waals surface area contributed by atoms with E-state index in [4.69, 9.17) is 0 Å². The Morgan fingerprint density at radius 1 is 0.923 bits per heavy atom. The van der Waals surface area contributed by atoms with Crippen molar-refractivity contribution < 1.29 is 8.42 Å². The number of fused-ring (bicyclic) bond motifs is 7. The van der Waals surface area contributed by atoms with Crippen molar-refractivity contribution in [2.75, 3.05) is 43.4 Å². The second-order valence-corrected chi connectivity index (χ2v) is 9.30. The number of nitrogens with zero attached hydrogens (tertiary/aromatic N) is 2. The first kappa shape index (κ1) is 16.1. The van der Waals surface area contributed by atoms with Gasteiger partial charge in [0.1, 0.15) is 0 Å². The lowest BCUT2D eigenvalue weighted by atomic mass is 10.0. The van der Waals surface area contributed by atoms with E-state index in [9.17, 15) is 8.42 Å². The van der Waals surface area contributed by atoms with Gasteiger partial charge in [0.25, 0.3) is 0 Å². The van der Waals surface area contributed by atoms with Gasteiger partial charge < -0.3 is 15.1 Å². The summed E-state index contributed by atoms with van der Waals surface area (Å²) in [5, 5.41) is 3.10. The zero-order valence-corrected chi connectivity index (χ0v) is 15.7. The van der Waals surface area contributed by atoms with Gasteiger partial charge in [0.2, 0.25) is 9.84 Å². The third-order valence-corrected chi connectivity index (χ3v) is 7.94. The fourth-order valence-corrected chi connectivity index (χ4v) is 6.30. The van der Waals surface area contributed by atoms with E-state index >= 15 is 0 Å². The summed E-state index contributed by atoms with van der Waals surface area (Å²) in [7, 11) is -1.59. The number of piperidine rings is 1. The van der Waals surface area contributed by atoms with Crippen LogP contribution in [0.1, 0.15) is 12.8 Å². The van der Waals surface area contributed by atoms with Gasteiger partial charge in [-0.2, -0.15) is 0 Å². The summed E-state index contributed by atoms with van der Waals surface area (Å²) in [5.74, 6) is 0. The maximum absolute atomic E-state index is 13.1. The average molecular weight is 368 g/mol. The fraction of sp³-hybridized carbons (Fsp3) is 0.400. The van der Waals surface area contributed by atoms with Crippen LogP contribution >= 0.6 is 0 Å². The Bertz CT molecular complexity index is 979. The van der Waals surface area contributed by atoms with E-state index in [-0.39, 0.29) is 0 Å². The number of hydrogen-bond donors (Lipinski definition) is 1. The molecule has 5 nitrogen and oxygen atoms in total. The first-order valence-electron chi connectivity index (χ1n) is 9.28. The molecule has 0 aliphatic carbocycles. The standard InChI is InChI=1S/C20H23N3O2S/c1-21-14-2-5-19-18(12-14)17-4-3-16(13-20(17)26(19,24)25)23-11-10-22-8-6-15(23)7-9-22/h2-5,12-13,15,21H,6-11H2,1H3/i1-1. The summed E-state index contributed by atoms with van der Waals surface area (Å²) < 4.78 is 26.2. The molecule has 1 N–H and O–H groups in total. The van der Waals surface area contributed by atoms with Crippen LogP contribution in [0.25, 0.3) is 11.1 Å². The van der Waals surface area contributed by atoms with Crippen molar-refractivity contribution in [1.29, 1.82) is 0 Å². The molecule has 0 radical (unpaired) electrons. The Morgan fingerprint density at radius 2 is 1.73 bits per heavy atom. The van der Waals surface area contributed by atoms with Crippen molar-refractivity contribution in [1.82, 2.24) is 4.90 Å². The highest BCUT2D eigenvalue weighted by Gasteiger charge is 2.35. The lowest BCUT2D eigenvalue weighted by molar-refractivity contribution is 0.250. The first-order valence-corrected chi connectivity index (χ1v) is 10.8. The second kappa shape index (κ2) is 5.72. The summed E-state index contributed by atoms with van der Waals surface area (Å²) in [6.07, 6.45) is 2.32. The topological polar surface area (TPSA) is 52.6 Å². The predicted molar refractivity (Wildman–Crippen MR) is 104 cm³/mol. The van der Waals surface area contributed by atoms with Crippen molar-refractivity contribution in [2.45, 2.75) is 28.7 Å². The lowest BCUT2D eigenvalue weighted by Crippen LogP contribution is -2.37. The van der Waals surface area contributed by atoms with E-state index in [2.05, 4.69) is 21.2 Å². The van der Waals surface area contributed by atoms with Crippen molar-refractivity contribution in [2.24, 2.45) is 0 Å². The smallest absolute Gasteiger partial charge is 0.207 e. The Balaban J connectivity index is 1.61. The van der Waals surface area contributed by atoms with Crippen molar-refractivity contribution in [3.8, 4) is 11.1 Å². The molecule has 0 unspecified atom stereocenters. The normalized spacial score (nSPS) is 25.5. The molecule has 2 aromatic carbocycles. The highest BCUT2D eigenvalue weighted by molar-refractivity contribution is 7.92. The molecular weight excluding hydrogens is 345 g/mol. The summed E-state index contributed by atoms with van der Waals surface area (Å²) in [5.41, 5.74) is 3.60. The van der Waals surface area contributed by atoms with E-state index in [1.165, 1.54) is 0 Å². The minimum absolute atomic E-state index is 0.423. The molecular formula is C20H23N3O2S. The number of rotatable bonds is 2. The van der Waals surface area contributed by atoms with Gasteiger partial charge in [0.05, 0.1) is 9.79 Å². The molecule has 0 saturated carbocycles. The molecule has 2 aromatic rings. The number of sulfone groups is 1. The van der Waals surface area contributed by atoms with Gasteiger partial charge in [-0.05, 0) is 43.2 Å². The highest BCUT2D eigenvalue weighted by atomic mass is 32.2. The molecule has 0 spiro atoms. The zero-order chi connectivity index (χ0) is 17.9. The van der Waals surface area contributed by atoms with Crippen LogP contribution in [0.4, 0.5) is 11.4 Å². The summed E-state index contributed by atoms with van der Waals surface area (Å²) in [6.45, 7) is 4.34. The molecule has 26 heavy (non-hydrogen) atoms. The molecule has 0 amide bonds. The SMILES string of the molecule is [11CH3]Nc1ccc2c(c1)-c1ccc(N3CCN4CCC3CC4)cc1S2(=O)=O. The number of nitrogens with one attached hydrogen (secondary N) is 1. The van der Waals surface area contributed by atoms with E-state index in [1.54, 1.807) is 6.07 Å². The van der Waals surface area contributed by atoms with Crippen LogP contribution in [-0.2, 0) is 9.84 Å². The second-order valence-electron chi connectivity index (χ2n) is 7.41. The third kappa shape index (κ3) is 2.28. The van der Waals surface area contributed by atoms with Crippen LogP contribution in [0.5, 0.6) is 0 Å². The molecule has 3 saturated heterocycles. The summed E-state index contributed by atoms with van der Waals surface area (Å²) in [6, 6.07) is 12.0. The molecule has 136 valence electrons. The number of benzene rings is 2. The molecule has 4 heterocycles. The van der Waals surface area contributed by atoms with E-state index in [1.807, 2.05) is 31.3 Å². The Hall–Kier alpha value is -2.05. The van der Waals surface area contributed by atoms with Gasteiger partial charge in [-0.25, -0.2) is 8.42 Å². The molecule has 4 aliphatic heterocycles. The number of hydrogen-bond acceptors (Lipinski definition) is 5. The minimum Gasteiger partial charge on any atom is -0.388 e. The van der Waals surface area contributed by atoms with Gasteiger partial charge in [-0.1, -0.05) is 6.07 Å². The Labute approximate surface area is 154 Å². The highest BCUT2D eigenvalue weighted by Crippen LogP contribution is 2.45. The Morgan fingerprint density at radius 3 is 2.50 bits per heavy atom. The van der Waals surface area contributed by atoms with Gasteiger partial charge in [-0.15, -0.1) is 0 Å². The monoisotopic (exact) mass is 368 g/mol. The third-order valence-electron chi connectivity index (χ3n) is 6.09. The molecule has 6 rings (SSSR count). The fourth-order valence-electron chi connectivity index (χ4n) is 4.61. The predicted octanol–water partition coefficient (Wildman–Crippen LogP) is 2.83. The van der Waals surface area contributed by atoms with Crippen molar-refractivity contribution >= 4 is 21.2 Å². The van der Waals surface area contributed by atoms with Crippen LogP contribution in [0.3, 0.4) is 0 Å². The van der Waals surface area contributed by atoms with E-state index < -0.39 is 9.84 Å². The summed E-state index contributed by atoms with van der Waals surface area (Å²) >= 11 is 0. The molecule has 0 aromatic heterocycles. The average Bonchev–Trinajstić information content (AvgIpc) is 2.88. The van der Waals surface area contributed by atoms with Crippen LogP contribution in [0.15, 0.2) is 46.2 Å². The molecule has 3 fully saturated rings. The van der Waals surface area contributed by atoms with Crippen molar-refractivity contribution in [3.05, 3.63) is 36.4 Å². The van der Waals surface area contributed by atoms with Crippen LogP contribution in [0.2, 0.25) is 0 Å². The van der Waals surface area contributed by atoms with Gasteiger partial charge in [-0.3, -0.25) is 0 Å². The maximum Gasteiger partial charge on any atom is 0.207 e. The molecule has 2 bridgehead atoms. The first-order chi connectivity index (χ1) is 12.6. The van der Waals surface area contributed by atoms with Crippen LogP contribution in [0, 0.1) is 0 Å². The summed E-state index contributed by atoms with van der Waals surface area (Å²) in [4.78, 5) is 5.81. The van der Waals surface area contributed by atoms with E-state index in [0.29, 0.717) is 15.8 Å². The molecule has 4 aliphatic rings. The van der Waals surface area contributed by atoms with E-state index in [0.717, 1.165) is 61.5 Å². The largest absolute Gasteiger partial charge is 0.388 e. The zero-order valence-electron chi connectivity index (χ0n) is 14.9.